The summed E-state index contributed by atoms with van der Waals surface area (Å²) >= 11 is 0. The van der Waals surface area contributed by atoms with Crippen LogP contribution in [0.25, 0.3) is 0 Å². The van der Waals surface area contributed by atoms with Gasteiger partial charge < -0.3 is 30.7 Å². The topological polar surface area (TPSA) is 198 Å². The lowest BCUT2D eigenvalue weighted by Crippen LogP contribution is -2.61. The fraction of sp³-hybridized carbons (Fsp3) is 0.522. The van der Waals surface area contributed by atoms with Crippen LogP contribution < -0.4 is 26.2 Å². The Labute approximate surface area is 366 Å². The third-order valence-corrected chi connectivity index (χ3v) is 14.9. The van der Waals surface area contributed by atoms with Gasteiger partial charge in [-0.05, 0) is 99.3 Å². The molecule has 17 nitrogen and oxygen atoms in total. The number of primary amides is 1. The number of fused-ring (bicyclic) bond motifs is 1. The molecule has 6 aliphatic heterocycles. The number of benzene rings is 2. The molecule has 7 heterocycles. The summed E-state index contributed by atoms with van der Waals surface area (Å²) in [6.07, 6.45) is 10.3. The highest BCUT2D eigenvalue weighted by Gasteiger charge is 2.46. The Morgan fingerprint density at radius 2 is 1.46 bits per heavy atom. The number of rotatable bonds is 10. The minimum absolute atomic E-state index is 0.0203. The van der Waals surface area contributed by atoms with Crippen molar-refractivity contribution >= 4 is 58.6 Å². The fourth-order valence-electron chi connectivity index (χ4n) is 11.0. The van der Waals surface area contributed by atoms with E-state index >= 15 is 0 Å². The van der Waals surface area contributed by atoms with Gasteiger partial charge in [0.25, 0.3) is 17.7 Å². The third-order valence-electron chi connectivity index (χ3n) is 14.9. The Kier molecular flexibility index (Phi) is 10.5. The smallest absolute Gasteiger partial charge is 0.320 e. The first-order valence-corrected chi connectivity index (χ1v) is 22.7. The second-order valence-electron chi connectivity index (χ2n) is 18.7. The van der Waals surface area contributed by atoms with Crippen molar-refractivity contribution in [2.45, 2.75) is 101 Å². The van der Waals surface area contributed by atoms with Gasteiger partial charge in [-0.1, -0.05) is 31.9 Å². The molecule has 0 spiro atoms. The van der Waals surface area contributed by atoms with E-state index in [2.05, 4.69) is 59.2 Å². The normalized spacial score (nSPS) is 24.6. The molecular weight excluding hydrogens is 803 g/mol. The maximum absolute atomic E-state index is 13.5. The van der Waals surface area contributed by atoms with Gasteiger partial charge >= 0.3 is 6.03 Å². The number of anilines is 4. The van der Waals surface area contributed by atoms with Crippen molar-refractivity contribution in [3.05, 3.63) is 71.0 Å². The van der Waals surface area contributed by atoms with E-state index in [1.165, 1.54) is 18.4 Å². The summed E-state index contributed by atoms with van der Waals surface area (Å²) in [5, 5.41) is 5.57. The van der Waals surface area contributed by atoms with Crippen molar-refractivity contribution in [3.8, 4) is 0 Å². The Bertz CT molecular complexity index is 2350. The molecule has 7 amide bonds. The monoisotopic (exact) mass is 857 g/mol. The average Bonchev–Trinajstić information content (AvgIpc) is 4.00. The lowest BCUT2D eigenvalue weighted by molar-refractivity contribution is -0.136. The molecule has 0 radical (unpaired) electrons. The number of hydrogen-bond acceptors (Lipinski definition) is 12. The van der Waals surface area contributed by atoms with Gasteiger partial charge in [-0.3, -0.25) is 39.1 Å². The van der Waals surface area contributed by atoms with Crippen LogP contribution in [-0.4, -0.2) is 142 Å². The largest absolute Gasteiger partial charge is 0.368 e. The average molecular weight is 858 g/mol. The summed E-state index contributed by atoms with van der Waals surface area (Å²) in [6, 6.07) is 13.6. The van der Waals surface area contributed by atoms with Crippen molar-refractivity contribution < 1.29 is 28.8 Å². The maximum atomic E-state index is 13.5. The fourth-order valence-corrected chi connectivity index (χ4v) is 11.0. The number of carbonyl (C=O) groups is 6. The van der Waals surface area contributed by atoms with Gasteiger partial charge in [0, 0.05) is 69.1 Å². The van der Waals surface area contributed by atoms with Crippen molar-refractivity contribution in [2.24, 2.45) is 5.73 Å². The summed E-state index contributed by atoms with van der Waals surface area (Å²) in [7, 11) is 0. The Morgan fingerprint density at radius 1 is 0.778 bits per heavy atom. The van der Waals surface area contributed by atoms with E-state index in [4.69, 9.17) is 10.7 Å². The van der Waals surface area contributed by atoms with E-state index in [-0.39, 0.29) is 41.6 Å². The first-order chi connectivity index (χ1) is 30.4. The van der Waals surface area contributed by atoms with Crippen LogP contribution in [0.2, 0.25) is 0 Å². The number of imide groups is 2. The SMILES string of the molecule is CC1(c2ccc(Nc3nc(N4CCCC(N5CCN(C6CCCC6)C5=O)C4)cnc3C(N)=O)cc2)CCN(C2CN(c3ccc4c(c3)C(=O)N(C3CCC(=O)NC3=O)C4=O)C2)CC1. The molecule has 1 aromatic heterocycles. The lowest BCUT2D eigenvalue weighted by atomic mass is 9.74. The molecule has 6 fully saturated rings. The van der Waals surface area contributed by atoms with Gasteiger partial charge in [-0.15, -0.1) is 0 Å². The number of piperidine rings is 3. The zero-order valence-electron chi connectivity index (χ0n) is 35.8. The highest BCUT2D eigenvalue weighted by Crippen LogP contribution is 2.39. The molecular formula is C46H55N11O6. The summed E-state index contributed by atoms with van der Waals surface area (Å²) in [6.45, 7) is 8.81. The van der Waals surface area contributed by atoms with E-state index in [1.807, 2.05) is 18.2 Å². The van der Waals surface area contributed by atoms with Crippen LogP contribution in [-0.2, 0) is 15.0 Å². The van der Waals surface area contributed by atoms with Crippen LogP contribution in [0.1, 0.15) is 108 Å². The van der Waals surface area contributed by atoms with Crippen molar-refractivity contribution in [1.29, 1.82) is 0 Å². The standard InChI is InChI=1S/C46H55N11O6/c1-46(16-19-52(20-17-46)33-26-54(27-33)31-12-13-34-35(23-31)44(62)57(43(34)61)36-14-15-38(58)51-42(36)60)28-8-10-29(11-9-28)49-41-39(40(47)59)48-24-37(50-41)53-18-4-7-32(25-53)56-22-21-55(45(56)63)30-5-2-3-6-30/h8-13,23-24,30,32-33,36H,2-7,14-22,25-27H2,1H3,(H2,47,59)(H,49,50)(H,51,58,60). The predicted octanol–water partition coefficient (Wildman–Crippen LogP) is 3.61. The predicted molar refractivity (Wildman–Crippen MR) is 234 cm³/mol. The highest BCUT2D eigenvalue weighted by molar-refractivity contribution is 6.23. The molecule has 63 heavy (non-hydrogen) atoms. The van der Waals surface area contributed by atoms with Crippen LogP contribution in [0.3, 0.4) is 0 Å². The Hall–Kier alpha value is -6.10. The van der Waals surface area contributed by atoms with E-state index in [9.17, 15) is 28.8 Å². The number of hydrogen-bond donors (Lipinski definition) is 3. The van der Waals surface area contributed by atoms with Crippen LogP contribution in [0.5, 0.6) is 0 Å². The van der Waals surface area contributed by atoms with Crippen molar-refractivity contribution in [1.82, 2.24) is 34.9 Å². The molecule has 3 aromatic rings. The minimum atomic E-state index is -0.984. The number of urea groups is 1. The molecule has 330 valence electrons. The first-order valence-electron chi connectivity index (χ1n) is 22.7. The van der Waals surface area contributed by atoms with Gasteiger partial charge in [-0.2, -0.15) is 0 Å². The van der Waals surface area contributed by atoms with E-state index < -0.39 is 35.6 Å². The van der Waals surface area contributed by atoms with Gasteiger partial charge in [0.05, 0.1) is 23.4 Å². The quantitative estimate of drug-likeness (QED) is 0.251. The number of aromatic nitrogens is 2. The van der Waals surface area contributed by atoms with E-state index in [0.717, 1.165) is 101 Å². The molecule has 17 heteroatoms. The van der Waals surface area contributed by atoms with Crippen LogP contribution in [0, 0.1) is 0 Å². The minimum Gasteiger partial charge on any atom is -0.368 e. The molecule has 2 unspecified atom stereocenters. The van der Waals surface area contributed by atoms with E-state index in [0.29, 0.717) is 35.8 Å². The zero-order chi connectivity index (χ0) is 43.6. The lowest BCUT2D eigenvalue weighted by Gasteiger charge is -2.50. The Balaban J connectivity index is 0.738. The van der Waals surface area contributed by atoms with Crippen LogP contribution in [0.15, 0.2) is 48.7 Å². The van der Waals surface area contributed by atoms with Crippen LogP contribution in [0.4, 0.5) is 27.8 Å². The van der Waals surface area contributed by atoms with Gasteiger partial charge in [-0.25, -0.2) is 14.8 Å². The molecule has 1 saturated carbocycles. The number of likely N-dealkylation sites (tertiary alicyclic amines) is 1. The molecule has 10 rings (SSSR count). The zero-order valence-corrected chi connectivity index (χ0v) is 35.8. The summed E-state index contributed by atoms with van der Waals surface area (Å²) in [5.74, 6) is -1.71. The Morgan fingerprint density at radius 3 is 2.17 bits per heavy atom. The highest BCUT2D eigenvalue weighted by atomic mass is 16.2. The number of carbonyl (C=O) groups excluding carboxylic acids is 6. The number of amides is 7. The van der Waals surface area contributed by atoms with Crippen molar-refractivity contribution in [2.75, 3.05) is 67.5 Å². The number of nitrogens with one attached hydrogen (secondary N) is 2. The number of nitrogens with zero attached hydrogens (tertiary/aromatic N) is 8. The summed E-state index contributed by atoms with van der Waals surface area (Å²) in [4.78, 5) is 98.1. The van der Waals surface area contributed by atoms with Gasteiger partial charge in [0.15, 0.2) is 11.5 Å². The third kappa shape index (κ3) is 7.53. The number of nitrogens with two attached hydrogens (primary N) is 1. The van der Waals surface area contributed by atoms with Gasteiger partial charge in [0.2, 0.25) is 11.8 Å². The molecule has 4 N–H and O–H groups in total. The molecule has 2 aromatic carbocycles. The second kappa shape index (κ2) is 16.2. The molecule has 1 aliphatic carbocycles. The van der Waals surface area contributed by atoms with Gasteiger partial charge in [0.1, 0.15) is 11.9 Å². The first kappa shape index (κ1) is 40.9. The second-order valence-corrected chi connectivity index (χ2v) is 18.7. The van der Waals surface area contributed by atoms with Crippen LogP contribution >= 0.6 is 0 Å². The molecule has 5 saturated heterocycles. The van der Waals surface area contributed by atoms with E-state index in [1.54, 1.807) is 18.3 Å². The summed E-state index contributed by atoms with van der Waals surface area (Å²) in [5.41, 5.74) is 9.29. The molecule has 2 atom stereocenters. The van der Waals surface area contributed by atoms with Crippen molar-refractivity contribution in [3.63, 3.8) is 0 Å². The molecule has 7 aliphatic rings. The maximum Gasteiger partial charge on any atom is 0.320 e. The summed E-state index contributed by atoms with van der Waals surface area (Å²) < 4.78 is 0. The molecule has 0 bridgehead atoms.